The Labute approximate surface area is 144 Å². The molecule has 0 saturated carbocycles. The Morgan fingerprint density at radius 2 is 2.04 bits per heavy atom. The van der Waals surface area contributed by atoms with Crippen molar-refractivity contribution in [3.05, 3.63) is 47.8 Å². The molecule has 1 N–H and O–H groups in total. The lowest BCUT2D eigenvalue weighted by Crippen LogP contribution is -2.09. The monoisotopic (exact) mass is 344 g/mol. The molecule has 0 spiro atoms. The molecular formula is C16H17ClN6O. The second-order valence-electron chi connectivity index (χ2n) is 5.45. The van der Waals surface area contributed by atoms with Crippen LogP contribution >= 0.6 is 11.6 Å². The molecule has 0 amide bonds. The van der Waals surface area contributed by atoms with Crippen molar-refractivity contribution >= 4 is 23.1 Å². The molecule has 1 aromatic carbocycles. The minimum atomic E-state index is 0.0389. The van der Waals surface area contributed by atoms with Crippen molar-refractivity contribution in [2.45, 2.75) is 26.9 Å². The van der Waals surface area contributed by atoms with Crippen LogP contribution in [-0.4, -0.2) is 30.8 Å². The number of hydrogen-bond donors (Lipinski definition) is 1. The van der Waals surface area contributed by atoms with Crippen molar-refractivity contribution in [3.8, 4) is 11.6 Å². The molecular weight excluding hydrogens is 328 g/mol. The quantitative estimate of drug-likeness (QED) is 0.762. The molecule has 0 aliphatic rings. The minimum absolute atomic E-state index is 0.0389. The first-order valence-corrected chi connectivity index (χ1v) is 7.82. The topological polar surface area (TPSA) is 77.8 Å². The average molecular weight is 345 g/mol. The number of halogens is 1. The van der Waals surface area contributed by atoms with Crippen LogP contribution in [0.25, 0.3) is 5.69 Å². The van der Waals surface area contributed by atoms with E-state index in [9.17, 15) is 0 Å². The number of ether oxygens (including phenoxy) is 1. The Balaban J connectivity index is 1.86. The van der Waals surface area contributed by atoms with Crippen LogP contribution < -0.4 is 10.1 Å². The summed E-state index contributed by atoms with van der Waals surface area (Å²) in [5, 5.41) is 7.85. The largest absolute Gasteiger partial charge is 0.475 e. The maximum absolute atomic E-state index is 6.37. The number of nitrogens with one attached hydrogen (secondary N) is 1. The van der Waals surface area contributed by atoms with Gasteiger partial charge in [-0.1, -0.05) is 11.6 Å². The molecule has 2 aromatic heterocycles. The minimum Gasteiger partial charge on any atom is -0.475 e. The highest BCUT2D eigenvalue weighted by Crippen LogP contribution is 2.30. The summed E-state index contributed by atoms with van der Waals surface area (Å²) in [5.74, 6) is 1.20. The summed E-state index contributed by atoms with van der Waals surface area (Å²) >= 11 is 6.37. The Hall–Kier alpha value is -2.67. The predicted molar refractivity (Wildman–Crippen MR) is 92.2 cm³/mol. The van der Waals surface area contributed by atoms with Crippen molar-refractivity contribution in [1.82, 2.24) is 24.7 Å². The van der Waals surface area contributed by atoms with E-state index in [2.05, 4.69) is 25.4 Å². The molecule has 3 aromatic rings. The first-order valence-electron chi connectivity index (χ1n) is 7.44. The summed E-state index contributed by atoms with van der Waals surface area (Å²) < 4.78 is 7.32. The fourth-order valence-corrected chi connectivity index (χ4v) is 2.34. The number of anilines is 2. The molecule has 0 fully saturated rings. The first kappa shape index (κ1) is 16.2. The number of rotatable bonds is 5. The van der Waals surface area contributed by atoms with Crippen LogP contribution in [0.1, 0.15) is 19.4 Å². The molecule has 2 heterocycles. The number of nitrogens with zero attached hydrogens (tertiary/aromatic N) is 5. The van der Waals surface area contributed by atoms with E-state index < -0.39 is 0 Å². The first-order chi connectivity index (χ1) is 11.5. The van der Waals surface area contributed by atoms with Gasteiger partial charge in [-0.3, -0.25) is 0 Å². The lowest BCUT2D eigenvalue weighted by atomic mass is 10.2. The SMILES string of the molecule is Cc1c(Nc2ccc(-n3cncn3)cc2Cl)ncnc1OC(C)C. The molecule has 8 heteroatoms. The zero-order valence-corrected chi connectivity index (χ0v) is 14.3. The van der Waals surface area contributed by atoms with Gasteiger partial charge in [0.25, 0.3) is 0 Å². The molecule has 3 rings (SSSR count). The highest BCUT2D eigenvalue weighted by molar-refractivity contribution is 6.33. The van der Waals surface area contributed by atoms with Crippen LogP contribution in [0.2, 0.25) is 5.02 Å². The van der Waals surface area contributed by atoms with E-state index in [-0.39, 0.29) is 6.10 Å². The van der Waals surface area contributed by atoms with Gasteiger partial charge < -0.3 is 10.1 Å². The molecule has 0 unspecified atom stereocenters. The van der Waals surface area contributed by atoms with E-state index in [0.29, 0.717) is 16.7 Å². The van der Waals surface area contributed by atoms with E-state index in [1.54, 1.807) is 17.1 Å². The predicted octanol–water partition coefficient (Wildman–Crippen LogP) is 3.55. The molecule has 24 heavy (non-hydrogen) atoms. The van der Waals surface area contributed by atoms with Gasteiger partial charge in [-0.15, -0.1) is 0 Å². The second kappa shape index (κ2) is 6.84. The summed E-state index contributed by atoms with van der Waals surface area (Å²) in [5.41, 5.74) is 2.38. The van der Waals surface area contributed by atoms with Crippen LogP contribution in [0.15, 0.2) is 37.2 Å². The average Bonchev–Trinajstić information content (AvgIpc) is 3.07. The normalized spacial score (nSPS) is 10.9. The van der Waals surface area contributed by atoms with Crippen molar-refractivity contribution in [1.29, 1.82) is 0 Å². The van der Waals surface area contributed by atoms with Crippen LogP contribution in [0, 0.1) is 6.92 Å². The Morgan fingerprint density at radius 1 is 1.21 bits per heavy atom. The molecule has 0 atom stereocenters. The van der Waals surface area contributed by atoms with E-state index in [1.165, 1.54) is 12.7 Å². The lowest BCUT2D eigenvalue weighted by Gasteiger charge is -2.15. The second-order valence-corrected chi connectivity index (χ2v) is 5.86. The number of benzene rings is 1. The summed E-state index contributed by atoms with van der Waals surface area (Å²) in [6, 6.07) is 5.56. The van der Waals surface area contributed by atoms with Gasteiger partial charge in [0.2, 0.25) is 5.88 Å². The zero-order chi connectivity index (χ0) is 17.1. The van der Waals surface area contributed by atoms with E-state index in [1.807, 2.05) is 32.9 Å². The third-order valence-electron chi connectivity index (χ3n) is 3.27. The van der Waals surface area contributed by atoms with Gasteiger partial charge in [-0.25, -0.2) is 19.6 Å². The standard InChI is InChI=1S/C16H17ClN6O/c1-10(2)24-16-11(3)15(19-8-20-16)22-14-5-4-12(6-13(14)17)23-9-18-7-21-23/h4-10H,1-3H3,(H,19,20,22). The van der Waals surface area contributed by atoms with Crippen molar-refractivity contribution < 1.29 is 4.74 Å². The highest BCUT2D eigenvalue weighted by atomic mass is 35.5. The van der Waals surface area contributed by atoms with Gasteiger partial charge in [-0.2, -0.15) is 5.10 Å². The molecule has 0 radical (unpaired) electrons. The Kier molecular flexibility index (Phi) is 4.61. The fourth-order valence-electron chi connectivity index (χ4n) is 2.12. The zero-order valence-electron chi connectivity index (χ0n) is 13.6. The van der Waals surface area contributed by atoms with Crippen molar-refractivity contribution in [3.63, 3.8) is 0 Å². The van der Waals surface area contributed by atoms with E-state index >= 15 is 0 Å². The van der Waals surface area contributed by atoms with Crippen LogP contribution in [-0.2, 0) is 0 Å². The highest BCUT2D eigenvalue weighted by Gasteiger charge is 2.12. The Morgan fingerprint density at radius 3 is 2.71 bits per heavy atom. The number of hydrogen-bond acceptors (Lipinski definition) is 6. The molecule has 0 aliphatic carbocycles. The molecule has 124 valence electrons. The fraction of sp³-hybridized carbons (Fsp3) is 0.250. The Bertz CT molecular complexity index is 835. The van der Waals surface area contributed by atoms with Crippen molar-refractivity contribution in [2.24, 2.45) is 0 Å². The smallest absolute Gasteiger partial charge is 0.221 e. The van der Waals surface area contributed by atoms with Crippen LogP contribution in [0.4, 0.5) is 11.5 Å². The van der Waals surface area contributed by atoms with Gasteiger partial charge in [0.1, 0.15) is 24.8 Å². The summed E-state index contributed by atoms with van der Waals surface area (Å²) in [6.45, 7) is 5.81. The van der Waals surface area contributed by atoms with Gasteiger partial charge in [-0.05, 0) is 39.0 Å². The van der Waals surface area contributed by atoms with E-state index in [4.69, 9.17) is 16.3 Å². The van der Waals surface area contributed by atoms with Gasteiger partial charge in [0.05, 0.1) is 28.1 Å². The lowest BCUT2D eigenvalue weighted by molar-refractivity contribution is 0.230. The third kappa shape index (κ3) is 3.46. The molecule has 0 bridgehead atoms. The summed E-state index contributed by atoms with van der Waals surface area (Å²) in [6.07, 6.45) is 4.59. The molecule has 0 saturated heterocycles. The van der Waals surface area contributed by atoms with Gasteiger partial charge in [0.15, 0.2) is 0 Å². The third-order valence-corrected chi connectivity index (χ3v) is 3.59. The molecule has 0 aliphatic heterocycles. The maximum atomic E-state index is 6.37. The molecule has 7 nitrogen and oxygen atoms in total. The maximum Gasteiger partial charge on any atom is 0.221 e. The summed E-state index contributed by atoms with van der Waals surface area (Å²) in [4.78, 5) is 12.4. The van der Waals surface area contributed by atoms with Gasteiger partial charge >= 0.3 is 0 Å². The van der Waals surface area contributed by atoms with Gasteiger partial charge in [0, 0.05) is 0 Å². The van der Waals surface area contributed by atoms with Crippen LogP contribution in [0.3, 0.4) is 0 Å². The van der Waals surface area contributed by atoms with Crippen LogP contribution in [0.5, 0.6) is 5.88 Å². The van der Waals surface area contributed by atoms with Crippen molar-refractivity contribution in [2.75, 3.05) is 5.32 Å². The van der Waals surface area contributed by atoms with E-state index in [0.717, 1.165) is 16.9 Å². The number of aromatic nitrogens is 5. The summed E-state index contributed by atoms with van der Waals surface area (Å²) in [7, 11) is 0.